The van der Waals surface area contributed by atoms with Crippen LogP contribution in [0.2, 0.25) is 0 Å². The Hall–Kier alpha value is -2.35. The molecule has 0 N–H and O–H groups in total. The van der Waals surface area contributed by atoms with E-state index in [1.54, 1.807) is 44.2 Å². The highest BCUT2D eigenvalue weighted by atomic mass is 19.1. The first-order valence-electron chi connectivity index (χ1n) is 7.03. The topological polar surface area (TPSA) is 52.6 Å². The average Bonchev–Trinajstić information content (AvgIpc) is 2.53. The first-order valence-corrected chi connectivity index (χ1v) is 7.03. The van der Waals surface area contributed by atoms with Crippen molar-refractivity contribution in [3.8, 4) is 12.3 Å². The normalized spacial score (nSPS) is 12.1. The van der Waals surface area contributed by atoms with E-state index < -0.39 is 29.9 Å². The van der Waals surface area contributed by atoms with Gasteiger partial charge in [0.15, 0.2) is 11.6 Å². The third kappa shape index (κ3) is 3.64. The second-order valence-electron chi connectivity index (χ2n) is 4.55. The van der Waals surface area contributed by atoms with E-state index in [4.69, 9.17) is 15.9 Å². The van der Waals surface area contributed by atoms with Gasteiger partial charge in [0.25, 0.3) is 0 Å². The van der Waals surface area contributed by atoms with Gasteiger partial charge in [0, 0.05) is 6.42 Å². The number of carbonyl (C=O) groups is 2. The number of alkyl halides is 1. The van der Waals surface area contributed by atoms with Gasteiger partial charge in [-0.3, -0.25) is 9.59 Å². The number of hydrogen-bond donors (Lipinski definition) is 0. The minimum Gasteiger partial charge on any atom is -0.465 e. The maximum Gasteiger partial charge on any atom is 0.328 e. The average molecular weight is 306 g/mol. The van der Waals surface area contributed by atoms with Gasteiger partial charge >= 0.3 is 11.9 Å². The molecule has 0 amide bonds. The van der Waals surface area contributed by atoms with E-state index in [2.05, 4.69) is 0 Å². The fraction of sp³-hybridized carbons (Fsp3) is 0.412. The standard InChI is InChI=1S/C17H19FO4/c1-4-14(18)12-17(15(19)21-5-2,16(20)22-6-3)13-10-8-7-9-11-13/h1,7-11,14H,5-6,12H2,2-3H3/t14-/m1/s1. The molecule has 0 aromatic heterocycles. The minimum atomic E-state index is -1.90. The first kappa shape index (κ1) is 17.7. The van der Waals surface area contributed by atoms with Crippen LogP contribution >= 0.6 is 0 Å². The molecule has 0 radical (unpaired) electrons. The van der Waals surface area contributed by atoms with E-state index in [-0.39, 0.29) is 13.2 Å². The molecule has 0 unspecified atom stereocenters. The van der Waals surface area contributed by atoms with Crippen LogP contribution in [0, 0.1) is 12.3 Å². The van der Waals surface area contributed by atoms with E-state index in [0.717, 1.165) is 0 Å². The van der Waals surface area contributed by atoms with Gasteiger partial charge in [0.2, 0.25) is 0 Å². The molecule has 1 rings (SSSR count). The second-order valence-corrected chi connectivity index (χ2v) is 4.55. The Bertz CT molecular complexity index is 530. The van der Waals surface area contributed by atoms with Crippen molar-refractivity contribution >= 4 is 11.9 Å². The first-order chi connectivity index (χ1) is 10.5. The molecule has 5 heteroatoms. The lowest BCUT2D eigenvalue weighted by Gasteiger charge is -2.29. The fourth-order valence-electron chi connectivity index (χ4n) is 2.16. The summed E-state index contributed by atoms with van der Waals surface area (Å²) >= 11 is 0. The smallest absolute Gasteiger partial charge is 0.328 e. The second kappa shape index (κ2) is 8.18. The molecule has 1 aromatic carbocycles. The number of terminal acetylenes is 1. The molecule has 4 nitrogen and oxygen atoms in total. The molecule has 0 aliphatic carbocycles. The molecule has 0 spiro atoms. The molecule has 0 fully saturated rings. The van der Waals surface area contributed by atoms with Crippen LogP contribution in [0.25, 0.3) is 0 Å². The van der Waals surface area contributed by atoms with Crippen LogP contribution in [0.15, 0.2) is 30.3 Å². The lowest BCUT2D eigenvalue weighted by Crippen LogP contribution is -2.48. The maximum absolute atomic E-state index is 13.9. The molecule has 118 valence electrons. The Balaban J connectivity index is 3.45. The van der Waals surface area contributed by atoms with Gasteiger partial charge in [0.1, 0.15) is 0 Å². The summed E-state index contributed by atoms with van der Waals surface area (Å²) in [4.78, 5) is 25.0. The van der Waals surface area contributed by atoms with Gasteiger partial charge in [-0.1, -0.05) is 36.3 Å². The van der Waals surface area contributed by atoms with Crippen molar-refractivity contribution in [2.24, 2.45) is 0 Å². The Kier molecular flexibility index (Phi) is 6.58. The van der Waals surface area contributed by atoms with E-state index in [1.807, 2.05) is 5.92 Å². The van der Waals surface area contributed by atoms with E-state index in [1.165, 1.54) is 0 Å². The number of hydrogen-bond acceptors (Lipinski definition) is 4. The van der Waals surface area contributed by atoms with Crippen LogP contribution in [0.3, 0.4) is 0 Å². The number of rotatable bonds is 7. The molecule has 0 aliphatic rings. The summed E-state index contributed by atoms with van der Waals surface area (Å²) < 4.78 is 23.9. The van der Waals surface area contributed by atoms with Crippen LogP contribution in [0.4, 0.5) is 4.39 Å². The van der Waals surface area contributed by atoms with Gasteiger partial charge in [-0.05, 0) is 19.4 Å². The summed E-state index contributed by atoms with van der Waals surface area (Å²) in [5.41, 5.74) is -1.61. The van der Waals surface area contributed by atoms with Gasteiger partial charge in [-0.2, -0.15) is 0 Å². The van der Waals surface area contributed by atoms with E-state index in [0.29, 0.717) is 5.56 Å². The van der Waals surface area contributed by atoms with Crippen LogP contribution < -0.4 is 0 Å². The SMILES string of the molecule is C#C[C@@H](F)CC(C(=O)OCC)(C(=O)OCC)c1ccccc1. The Labute approximate surface area is 129 Å². The molecule has 0 aliphatic heterocycles. The van der Waals surface area contributed by atoms with Crippen LogP contribution in [-0.4, -0.2) is 31.3 Å². The van der Waals surface area contributed by atoms with Crippen molar-refractivity contribution in [1.82, 2.24) is 0 Å². The van der Waals surface area contributed by atoms with Crippen molar-refractivity contribution in [2.75, 3.05) is 13.2 Å². The summed E-state index contributed by atoms with van der Waals surface area (Å²) in [6, 6.07) is 8.12. The number of esters is 2. The summed E-state index contributed by atoms with van der Waals surface area (Å²) in [5.74, 6) is 0.175. The summed E-state index contributed by atoms with van der Waals surface area (Å²) in [6.45, 7) is 3.32. The van der Waals surface area contributed by atoms with Crippen molar-refractivity contribution in [3.63, 3.8) is 0 Å². The van der Waals surface area contributed by atoms with Gasteiger partial charge in [0.05, 0.1) is 13.2 Å². The van der Waals surface area contributed by atoms with E-state index in [9.17, 15) is 14.0 Å². The molecule has 22 heavy (non-hydrogen) atoms. The zero-order valence-corrected chi connectivity index (χ0v) is 12.7. The van der Waals surface area contributed by atoms with Crippen LogP contribution in [0.1, 0.15) is 25.8 Å². The van der Waals surface area contributed by atoms with Crippen LogP contribution in [0.5, 0.6) is 0 Å². The molecular formula is C17H19FO4. The molecule has 0 saturated carbocycles. The Morgan fingerprint density at radius 3 is 2.09 bits per heavy atom. The molecule has 1 aromatic rings. The largest absolute Gasteiger partial charge is 0.465 e. The monoisotopic (exact) mass is 306 g/mol. The predicted molar refractivity (Wildman–Crippen MR) is 79.7 cm³/mol. The third-order valence-corrected chi connectivity index (χ3v) is 3.18. The third-order valence-electron chi connectivity index (χ3n) is 3.18. The van der Waals surface area contributed by atoms with Crippen LogP contribution in [-0.2, 0) is 24.5 Å². The highest BCUT2D eigenvalue weighted by Crippen LogP contribution is 2.33. The number of ether oxygens (including phenoxy) is 2. The number of halogens is 1. The Morgan fingerprint density at radius 2 is 1.68 bits per heavy atom. The van der Waals surface area contributed by atoms with E-state index >= 15 is 0 Å². The van der Waals surface area contributed by atoms with Crippen molar-refractivity contribution in [1.29, 1.82) is 0 Å². The highest BCUT2D eigenvalue weighted by Gasteiger charge is 2.51. The number of carbonyl (C=O) groups excluding carboxylic acids is 2. The quantitative estimate of drug-likeness (QED) is 0.441. The summed E-state index contributed by atoms with van der Waals surface area (Å²) in [7, 11) is 0. The Morgan fingerprint density at radius 1 is 1.18 bits per heavy atom. The van der Waals surface area contributed by atoms with Crippen molar-refractivity contribution < 1.29 is 23.5 Å². The lowest BCUT2D eigenvalue weighted by molar-refractivity contribution is -0.166. The molecule has 0 saturated heterocycles. The maximum atomic E-state index is 13.9. The molecule has 0 bridgehead atoms. The predicted octanol–water partition coefficient (Wildman–Crippen LogP) is 2.41. The van der Waals surface area contributed by atoms with Gasteiger partial charge < -0.3 is 9.47 Å². The lowest BCUT2D eigenvalue weighted by atomic mass is 9.76. The van der Waals surface area contributed by atoms with Gasteiger partial charge in [-0.15, -0.1) is 6.42 Å². The molecule has 1 atom stereocenters. The summed E-state index contributed by atoms with van der Waals surface area (Å²) in [5, 5.41) is 0. The zero-order valence-electron chi connectivity index (χ0n) is 12.7. The zero-order chi connectivity index (χ0) is 16.6. The molecular weight excluding hydrogens is 287 g/mol. The summed E-state index contributed by atoms with van der Waals surface area (Å²) in [6.07, 6.45) is 2.77. The van der Waals surface area contributed by atoms with Gasteiger partial charge in [-0.25, -0.2) is 4.39 Å². The van der Waals surface area contributed by atoms with Crippen molar-refractivity contribution in [2.45, 2.75) is 31.9 Å². The number of benzene rings is 1. The highest BCUT2D eigenvalue weighted by molar-refractivity contribution is 6.06. The molecule has 0 heterocycles. The minimum absolute atomic E-state index is 0.0554. The fourth-order valence-corrected chi connectivity index (χ4v) is 2.16. The van der Waals surface area contributed by atoms with Crippen molar-refractivity contribution in [3.05, 3.63) is 35.9 Å².